The van der Waals surface area contributed by atoms with Crippen LogP contribution in [0.15, 0.2) is 41.1 Å². The SMILES string of the molecule is CC[C@H](NC(=O)NC[C@H](O)c1ccsc1)c1ccccc1OC. The fourth-order valence-corrected chi connectivity index (χ4v) is 3.04. The molecule has 5 nitrogen and oxygen atoms in total. The van der Waals surface area contributed by atoms with Gasteiger partial charge in [-0.05, 0) is 34.9 Å². The second-order valence-corrected chi connectivity index (χ2v) is 5.91. The summed E-state index contributed by atoms with van der Waals surface area (Å²) in [6.45, 7) is 2.17. The van der Waals surface area contributed by atoms with Crippen LogP contribution in [0.3, 0.4) is 0 Å². The Morgan fingerprint density at radius 2 is 2.13 bits per heavy atom. The molecule has 23 heavy (non-hydrogen) atoms. The Labute approximate surface area is 140 Å². The van der Waals surface area contributed by atoms with Gasteiger partial charge in [-0.15, -0.1) is 0 Å². The summed E-state index contributed by atoms with van der Waals surface area (Å²) in [4.78, 5) is 12.1. The van der Waals surface area contributed by atoms with E-state index in [0.717, 1.165) is 23.3 Å². The van der Waals surface area contributed by atoms with E-state index in [-0.39, 0.29) is 18.6 Å². The zero-order valence-electron chi connectivity index (χ0n) is 13.3. The molecule has 6 heteroatoms. The predicted octanol–water partition coefficient (Wildman–Crippen LogP) is 3.24. The molecule has 2 aromatic rings. The third-order valence-corrected chi connectivity index (χ3v) is 4.31. The van der Waals surface area contributed by atoms with E-state index >= 15 is 0 Å². The lowest BCUT2D eigenvalue weighted by Gasteiger charge is -2.20. The number of thiophene rings is 1. The molecule has 2 amide bonds. The fourth-order valence-electron chi connectivity index (χ4n) is 2.34. The average Bonchev–Trinajstić information content (AvgIpc) is 3.12. The molecule has 1 heterocycles. The largest absolute Gasteiger partial charge is 0.496 e. The van der Waals surface area contributed by atoms with Crippen molar-refractivity contribution in [1.82, 2.24) is 10.6 Å². The van der Waals surface area contributed by atoms with Crippen LogP contribution in [0.2, 0.25) is 0 Å². The summed E-state index contributed by atoms with van der Waals surface area (Å²) in [7, 11) is 1.61. The van der Waals surface area contributed by atoms with E-state index in [1.165, 1.54) is 11.3 Å². The molecule has 1 aromatic carbocycles. The minimum absolute atomic E-state index is 0.149. The highest BCUT2D eigenvalue weighted by Gasteiger charge is 2.17. The summed E-state index contributed by atoms with van der Waals surface area (Å²) in [6.07, 6.45) is 0.0410. The van der Waals surface area contributed by atoms with Gasteiger partial charge in [0.2, 0.25) is 0 Å². The van der Waals surface area contributed by atoms with E-state index in [4.69, 9.17) is 4.74 Å². The number of ether oxygens (including phenoxy) is 1. The summed E-state index contributed by atoms with van der Waals surface area (Å²) in [5.74, 6) is 0.748. The lowest BCUT2D eigenvalue weighted by Crippen LogP contribution is -2.39. The second kappa shape index (κ2) is 8.55. The Kier molecular flexibility index (Phi) is 6.43. The van der Waals surface area contributed by atoms with Crippen LogP contribution in [0.4, 0.5) is 4.79 Å². The van der Waals surface area contributed by atoms with Crippen LogP contribution in [0, 0.1) is 0 Å². The van der Waals surface area contributed by atoms with Gasteiger partial charge >= 0.3 is 6.03 Å². The molecule has 0 saturated carbocycles. The van der Waals surface area contributed by atoms with E-state index in [1.54, 1.807) is 7.11 Å². The van der Waals surface area contributed by atoms with Crippen LogP contribution in [0.25, 0.3) is 0 Å². The number of hydrogen-bond donors (Lipinski definition) is 3. The van der Waals surface area contributed by atoms with E-state index in [1.807, 2.05) is 48.0 Å². The number of benzene rings is 1. The van der Waals surface area contributed by atoms with Crippen LogP contribution >= 0.6 is 11.3 Å². The molecule has 1 aromatic heterocycles. The maximum Gasteiger partial charge on any atom is 0.315 e. The molecule has 2 atom stereocenters. The first-order valence-electron chi connectivity index (χ1n) is 7.53. The summed E-state index contributed by atoms with van der Waals surface area (Å²) in [6, 6.07) is 9.01. The maximum absolute atomic E-state index is 12.1. The number of amides is 2. The van der Waals surface area contributed by atoms with E-state index in [9.17, 15) is 9.90 Å². The van der Waals surface area contributed by atoms with Crippen LogP contribution in [-0.4, -0.2) is 24.8 Å². The zero-order chi connectivity index (χ0) is 16.7. The lowest BCUT2D eigenvalue weighted by atomic mass is 10.0. The van der Waals surface area contributed by atoms with Crippen molar-refractivity contribution in [1.29, 1.82) is 0 Å². The van der Waals surface area contributed by atoms with Gasteiger partial charge in [0.15, 0.2) is 0 Å². The summed E-state index contributed by atoms with van der Waals surface area (Å²) < 4.78 is 5.35. The normalized spacial score (nSPS) is 13.2. The first-order chi connectivity index (χ1) is 11.2. The van der Waals surface area contributed by atoms with Gasteiger partial charge in [-0.3, -0.25) is 0 Å². The molecular formula is C17H22N2O3S. The topological polar surface area (TPSA) is 70.6 Å². The van der Waals surface area contributed by atoms with E-state index in [2.05, 4.69) is 10.6 Å². The highest BCUT2D eigenvalue weighted by molar-refractivity contribution is 7.07. The molecule has 0 spiro atoms. The number of para-hydroxylation sites is 1. The van der Waals surface area contributed by atoms with Crippen molar-refractivity contribution in [3.63, 3.8) is 0 Å². The van der Waals surface area contributed by atoms with Gasteiger partial charge in [0, 0.05) is 12.1 Å². The minimum Gasteiger partial charge on any atom is -0.496 e. The summed E-state index contributed by atoms with van der Waals surface area (Å²) in [5, 5.41) is 19.4. The number of methoxy groups -OCH3 is 1. The summed E-state index contributed by atoms with van der Waals surface area (Å²) in [5.41, 5.74) is 1.75. The van der Waals surface area contributed by atoms with Gasteiger partial charge < -0.3 is 20.5 Å². The number of aliphatic hydroxyl groups excluding tert-OH is 1. The number of carbonyl (C=O) groups is 1. The van der Waals surface area contributed by atoms with Crippen LogP contribution in [0.5, 0.6) is 5.75 Å². The highest BCUT2D eigenvalue weighted by atomic mass is 32.1. The van der Waals surface area contributed by atoms with Crippen molar-refractivity contribution in [2.75, 3.05) is 13.7 Å². The van der Waals surface area contributed by atoms with Gasteiger partial charge in [0.05, 0.1) is 19.3 Å². The average molecular weight is 334 g/mol. The number of hydrogen-bond acceptors (Lipinski definition) is 4. The van der Waals surface area contributed by atoms with Crippen LogP contribution in [-0.2, 0) is 0 Å². The predicted molar refractivity (Wildman–Crippen MR) is 91.8 cm³/mol. The Morgan fingerprint density at radius 1 is 1.35 bits per heavy atom. The molecule has 0 radical (unpaired) electrons. The third-order valence-electron chi connectivity index (χ3n) is 3.61. The van der Waals surface area contributed by atoms with Crippen LogP contribution in [0.1, 0.15) is 36.6 Å². The smallest absolute Gasteiger partial charge is 0.315 e. The zero-order valence-corrected chi connectivity index (χ0v) is 14.1. The standard InChI is InChI=1S/C17H22N2O3S/c1-3-14(13-6-4-5-7-16(13)22-2)19-17(21)18-10-15(20)12-8-9-23-11-12/h4-9,11,14-15,20H,3,10H2,1-2H3,(H2,18,19,21)/t14-,15-/m0/s1. The maximum atomic E-state index is 12.1. The van der Waals surface area contributed by atoms with Gasteiger partial charge in [-0.25, -0.2) is 4.79 Å². The van der Waals surface area contributed by atoms with Crippen molar-refractivity contribution in [2.45, 2.75) is 25.5 Å². The highest BCUT2D eigenvalue weighted by Crippen LogP contribution is 2.26. The Morgan fingerprint density at radius 3 is 2.78 bits per heavy atom. The molecule has 2 rings (SSSR count). The Hall–Kier alpha value is -2.05. The molecular weight excluding hydrogens is 312 g/mol. The monoisotopic (exact) mass is 334 g/mol. The fraction of sp³-hybridized carbons (Fsp3) is 0.353. The number of rotatable bonds is 7. The minimum atomic E-state index is -0.696. The van der Waals surface area contributed by atoms with Gasteiger partial charge in [0.1, 0.15) is 5.75 Å². The molecule has 0 aliphatic rings. The van der Waals surface area contributed by atoms with Gasteiger partial charge in [-0.1, -0.05) is 25.1 Å². The van der Waals surface area contributed by atoms with E-state index < -0.39 is 6.10 Å². The van der Waals surface area contributed by atoms with Crippen molar-refractivity contribution >= 4 is 17.4 Å². The molecule has 0 aliphatic carbocycles. The second-order valence-electron chi connectivity index (χ2n) is 5.13. The molecule has 0 bridgehead atoms. The number of carbonyl (C=O) groups excluding carboxylic acids is 1. The molecule has 0 unspecified atom stereocenters. The molecule has 124 valence electrons. The molecule has 0 fully saturated rings. The first kappa shape index (κ1) is 17.3. The quantitative estimate of drug-likeness (QED) is 0.728. The van der Waals surface area contributed by atoms with Gasteiger partial charge in [0.25, 0.3) is 0 Å². The Balaban J connectivity index is 1.92. The van der Waals surface area contributed by atoms with E-state index in [0.29, 0.717) is 0 Å². The van der Waals surface area contributed by atoms with Crippen molar-refractivity contribution in [3.8, 4) is 5.75 Å². The molecule has 0 aliphatic heterocycles. The summed E-state index contributed by atoms with van der Waals surface area (Å²) >= 11 is 1.52. The van der Waals surface area contributed by atoms with Crippen molar-refractivity contribution in [2.24, 2.45) is 0 Å². The van der Waals surface area contributed by atoms with Crippen molar-refractivity contribution < 1.29 is 14.6 Å². The number of urea groups is 1. The molecule has 0 saturated heterocycles. The number of aliphatic hydroxyl groups is 1. The first-order valence-corrected chi connectivity index (χ1v) is 8.47. The van der Waals surface area contributed by atoms with Crippen LogP contribution < -0.4 is 15.4 Å². The number of nitrogens with one attached hydrogen (secondary N) is 2. The van der Waals surface area contributed by atoms with Crippen molar-refractivity contribution in [3.05, 3.63) is 52.2 Å². The van der Waals surface area contributed by atoms with Gasteiger partial charge in [-0.2, -0.15) is 11.3 Å². The third kappa shape index (κ3) is 4.71. The lowest BCUT2D eigenvalue weighted by molar-refractivity contribution is 0.173. The Bertz CT molecular complexity index is 616. The molecule has 3 N–H and O–H groups in total.